The number of hydrogen-bond acceptors (Lipinski definition) is 3. The third-order valence-electron chi connectivity index (χ3n) is 2.44. The first-order valence-corrected chi connectivity index (χ1v) is 5.41. The van der Waals surface area contributed by atoms with Crippen molar-refractivity contribution >= 4 is 0 Å². The Morgan fingerprint density at radius 1 is 1.26 bits per heavy atom. The number of halogens is 4. The largest absolute Gasteiger partial charge is 0.387 e. The lowest BCUT2D eigenvalue weighted by molar-refractivity contribution is -0.125. The highest BCUT2D eigenvalue weighted by Crippen LogP contribution is 2.21. The highest BCUT2D eigenvalue weighted by molar-refractivity contribution is 5.32. The summed E-state index contributed by atoms with van der Waals surface area (Å²) in [4.78, 5) is 0. The SMILES string of the molecule is N#Cc1ccc(C(O)CNCC(F)(F)C(F)F)cc1. The topological polar surface area (TPSA) is 56.0 Å². The number of nitriles is 1. The molecule has 0 amide bonds. The van der Waals surface area contributed by atoms with Gasteiger partial charge in [-0.25, -0.2) is 8.78 Å². The Balaban J connectivity index is 2.47. The van der Waals surface area contributed by atoms with E-state index in [-0.39, 0.29) is 6.54 Å². The number of benzene rings is 1. The van der Waals surface area contributed by atoms with Crippen molar-refractivity contribution in [3.05, 3.63) is 35.4 Å². The molecule has 0 radical (unpaired) electrons. The molecule has 0 aliphatic rings. The number of aliphatic hydroxyl groups is 1. The maximum absolute atomic E-state index is 12.6. The number of alkyl halides is 4. The molecule has 0 heterocycles. The molecule has 3 nitrogen and oxygen atoms in total. The highest BCUT2D eigenvalue weighted by atomic mass is 19.3. The monoisotopic (exact) mass is 276 g/mol. The van der Waals surface area contributed by atoms with Crippen LogP contribution < -0.4 is 5.32 Å². The van der Waals surface area contributed by atoms with E-state index < -0.39 is 25.0 Å². The predicted octanol–water partition coefficient (Wildman–Crippen LogP) is 2.08. The first kappa shape index (κ1) is 15.4. The highest BCUT2D eigenvalue weighted by Gasteiger charge is 2.40. The van der Waals surface area contributed by atoms with Gasteiger partial charge in [-0.15, -0.1) is 0 Å². The summed E-state index contributed by atoms with van der Waals surface area (Å²) in [6.07, 6.45) is -4.85. The minimum atomic E-state index is -4.12. The minimum absolute atomic E-state index is 0.284. The molecule has 2 N–H and O–H groups in total. The molecule has 0 aliphatic heterocycles. The number of rotatable bonds is 6. The molecule has 1 unspecified atom stereocenters. The Hall–Kier alpha value is -1.65. The third kappa shape index (κ3) is 4.50. The van der Waals surface area contributed by atoms with E-state index in [1.807, 2.05) is 6.07 Å². The average Bonchev–Trinajstić information content (AvgIpc) is 2.38. The van der Waals surface area contributed by atoms with Gasteiger partial charge in [0.1, 0.15) is 0 Å². The zero-order chi connectivity index (χ0) is 14.5. The van der Waals surface area contributed by atoms with Gasteiger partial charge in [-0.05, 0) is 17.7 Å². The van der Waals surface area contributed by atoms with Crippen molar-refractivity contribution in [2.24, 2.45) is 0 Å². The maximum atomic E-state index is 12.6. The van der Waals surface area contributed by atoms with Crippen LogP contribution in [0.15, 0.2) is 24.3 Å². The summed E-state index contributed by atoms with van der Waals surface area (Å²) in [5, 5.41) is 20.3. The van der Waals surface area contributed by atoms with Crippen molar-refractivity contribution in [1.82, 2.24) is 5.32 Å². The first-order chi connectivity index (χ1) is 8.86. The zero-order valence-electron chi connectivity index (χ0n) is 9.78. The summed E-state index contributed by atoms with van der Waals surface area (Å²) in [5.41, 5.74) is 0.806. The van der Waals surface area contributed by atoms with Crippen molar-refractivity contribution in [2.75, 3.05) is 13.1 Å². The molecular weight excluding hydrogens is 264 g/mol. The lowest BCUT2D eigenvalue weighted by Crippen LogP contribution is -2.40. The molecule has 0 aliphatic carbocycles. The fraction of sp³-hybridized carbons (Fsp3) is 0.417. The van der Waals surface area contributed by atoms with Crippen LogP contribution in [-0.2, 0) is 0 Å². The molecule has 19 heavy (non-hydrogen) atoms. The quantitative estimate of drug-likeness (QED) is 0.782. The van der Waals surface area contributed by atoms with E-state index in [9.17, 15) is 22.7 Å². The molecule has 0 fully saturated rings. The van der Waals surface area contributed by atoms with E-state index in [2.05, 4.69) is 5.32 Å². The van der Waals surface area contributed by atoms with Gasteiger partial charge in [0.05, 0.1) is 24.3 Å². The summed E-state index contributed by atoms with van der Waals surface area (Å²) >= 11 is 0. The second-order valence-electron chi connectivity index (χ2n) is 3.94. The molecule has 1 rings (SSSR count). The Bertz CT molecular complexity index is 442. The molecule has 0 saturated heterocycles. The van der Waals surface area contributed by atoms with E-state index in [4.69, 9.17) is 5.26 Å². The first-order valence-electron chi connectivity index (χ1n) is 5.41. The molecule has 1 aromatic carbocycles. The van der Waals surface area contributed by atoms with Crippen molar-refractivity contribution < 1.29 is 22.7 Å². The molecule has 0 bridgehead atoms. The van der Waals surface area contributed by atoms with Crippen molar-refractivity contribution in [3.63, 3.8) is 0 Å². The van der Waals surface area contributed by atoms with Crippen LogP contribution in [0.25, 0.3) is 0 Å². The number of aliphatic hydroxyl groups excluding tert-OH is 1. The predicted molar refractivity (Wildman–Crippen MR) is 59.9 cm³/mol. The van der Waals surface area contributed by atoms with Crippen LogP contribution in [-0.4, -0.2) is 30.5 Å². The second kappa shape index (κ2) is 6.50. The average molecular weight is 276 g/mol. The fourth-order valence-corrected chi connectivity index (χ4v) is 1.35. The van der Waals surface area contributed by atoms with Gasteiger partial charge in [-0.1, -0.05) is 12.1 Å². The second-order valence-corrected chi connectivity index (χ2v) is 3.94. The van der Waals surface area contributed by atoms with Crippen LogP contribution >= 0.6 is 0 Å². The van der Waals surface area contributed by atoms with Gasteiger partial charge in [0.2, 0.25) is 0 Å². The van der Waals surface area contributed by atoms with E-state index in [0.717, 1.165) is 0 Å². The summed E-state index contributed by atoms with van der Waals surface area (Å²) < 4.78 is 48.9. The standard InChI is InChI=1S/C12H12F4N2O/c13-11(14)12(15,16)7-18-6-10(19)9-3-1-8(5-17)2-4-9/h1-4,10-11,18-19H,6-7H2. The molecule has 104 valence electrons. The van der Waals surface area contributed by atoms with E-state index in [1.54, 1.807) is 0 Å². The molecular formula is C12H12F4N2O. The Morgan fingerprint density at radius 2 is 1.84 bits per heavy atom. The molecule has 0 spiro atoms. The van der Waals surface area contributed by atoms with Gasteiger partial charge >= 0.3 is 12.3 Å². The number of nitrogens with zero attached hydrogens (tertiary/aromatic N) is 1. The Kier molecular flexibility index (Phi) is 5.27. The van der Waals surface area contributed by atoms with Gasteiger partial charge in [-0.2, -0.15) is 14.0 Å². The van der Waals surface area contributed by atoms with E-state index in [1.165, 1.54) is 24.3 Å². The molecule has 0 saturated carbocycles. The summed E-state index contributed by atoms with van der Waals surface area (Å²) in [5.74, 6) is -4.12. The van der Waals surface area contributed by atoms with Gasteiger partial charge in [0, 0.05) is 6.54 Å². The maximum Gasteiger partial charge on any atom is 0.319 e. The van der Waals surface area contributed by atoms with Crippen LogP contribution in [0.2, 0.25) is 0 Å². The van der Waals surface area contributed by atoms with Crippen molar-refractivity contribution in [2.45, 2.75) is 18.5 Å². The van der Waals surface area contributed by atoms with Crippen LogP contribution in [0, 0.1) is 11.3 Å². The van der Waals surface area contributed by atoms with Crippen LogP contribution in [0.1, 0.15) is 17.2 Å². The molecule has 1 aromatic rings. The van der Waals surface area contributed by atoms with E-state index >= 15 is 0 Å². The minimum Gasteiger partial charge on any atom is -0.387 e. The normalized spacial score (nSPS) is 13.3. The molecule has 0 aromatic heterocycles. The van der Waals surface area contributed by atoms with Gasteiger partial charge in [0.15, 0.2) is 0 Å². The van der Waals surface area contributed by atoms with Gasteiger partial charge < -0.3 is 10.4 Å². The summed E-state index contributed by atoms with van der Waals surface area (Å²) in [6.45, 7) is -1.49. The number of hydrogen-bond donors (Lipinski definition) is 2. The lowest BCUT2D eigenvalue weighted by Gasteiger charge is -2.17. The molecule has 7 heteroatoms. The molecule has 1 atom stereocenters. The summed E-state index contributed by atoms with van der Waals surface area (Å²) in [7, 11) is 0. The third-order valence-corrected chi connectivity index (χ3v) is 2.44. The van der Waals surface area contributed by atoms with Gasteiger partial charge in [-0.3, -0.25) is 0 Å². The van der Waals surface area contributed by atoms with E-state index in [0.29, 0.717) is 11.1 Å². The van der Waals surface area contributed by atoms with Crippen LogP contribution in [0.5, 0.6) is 0 Å². The smallest absolute Gasteiger partial charge is 0.319 e. The van der Waals surface area contributed by atoms with Gasteiger partial charge in [0.25, 0.3) is 0 Å². The Labute approximate surface area is 107 Å². The van der Waals surface area contributed by atoms with Crippen LogP contribution in [0.3, 0.4) is 0 Å². The zero-order valence-corrected chi connectivity index (χ0v) is 9.78. The lowest BCUT2D eigenvalue weighted by atomic mass is 10.1. The van der Waals surface area contributed by atoms with Crippen molar-refractivity contribution in [1.29, 1.82) is 5.26 Å². The summed E-state index contributed by atoms with van der Waals surface area (Å²) in [6, 6.07) is 7.75. The van der Waals surface area contributed by atoms with Crippen LogP contribution in [0.4, 0.5) is 17.6 Å². The fourth-order valence-electron chi connectivity index (χ4n) is 1.35. The Morgan fingerprint density at radius 3 is 2.32 bits per heavy atom. The van der Waals surface area contributed by atoms with Crippen molar-refractivity contribution in [3.8, 4) is 6.07 Å². The number of nitrogens with one attached hydrogen (secondary N) is 1.